The number of rotatable bonds is 8. The van der Waals surface area contributed by atoms with Crippen LogP contribution in [0.25, 0.3) is 0 Å². The molecule has 0 unspecified atom stereocenters. The zero-order chi connectivity index (χ0) is 15.1. The molecule has 1 amide bonds. The first-order chi connectivity index (χ1) is 10.1. The topological polar surface area (TPSA) is 50.8 Å². The van der Waals surface area contributed by atoms with Gasteiger partial charge in [-0.25, -0.2) is 0 Å². The molecule has 0 atom stereocenters. The van der Waals surface area contributed by atoms with Gasteiger partial charge in [0.15, 0.2) is 0 Å². The van der Waals surface area contributed by atoms with Crippen LogP contribution in [0.1, 0.15) is 12.5 Å². The molecular formula is C16H24N2O3. The summed E-state index contributed by atoms with van der Waals surface area (Å²) in [5.74, 6) is 0.00373. The van der Waals surface area contributed by atoms with Crippen molar-refractivity contribution < 1.29 is 14.3 Å². The van der Waals surface area contributed by atoms with Crippen molar-refractivity contribution in [2.24, 2.45) is 0 Å². The molecule has 1 heterocycles. The number of nitrogens with one attached hydrogen (secondary N) is 1. The van der Waals surface area contributed by atoms with Crippen LogP contribution in [-0.4, -0.2) is 56.4 Å². The van der Waals surface area contributed by atoms with Crippen LogP contribution >= 0.6 is 0 Å². The van der Waals surface area contributed by atoms with Crippen molar-refractivity contribution in [2.45, 2.75) is 19.1 Å². The Kier molecular flexibility index (Phi) is 5.73. The highest BCUT2D eigenvalue weighted by Crippen LogP contribution is 2.15. The molecule has 0 saturated carbocycles. The number of benzene rings is 1. The van der Waals surface area contributed by atoms with Crippen LogP contribution in [0.2, 0.25) is 0 Å². The zero-order valence-electron chi connectivity index (χ0n) is 12.8. The smallest absolute Gasteiger partial charge is 0.248 e. The van der Waals surface area contributed by atoms with E-state index < -0.39 is 0 Å². The SMILES string of the molecule is COCCN(Cc1ccccc1)C(=O)COC1(C)CNC1. The molecule has 1 saturated heterocycles. The fourth-order valence-electron chi connectivity index (χ4n) is 2.20. The lowest BCUT2D eigenvalue weighted by atomic mass is 10.0. The summed E-state index contributed by atoms with van der Waals surface area (Å²) < 4.78 is 10.8. The summed E-state index contributed by atoms with van der Waals surface area (Å²) in [6.45, 7) is 5.43. The monoisotopic (exact) mass is 292 g/mol. The molecule has 116 valence electrons. The Morgan fingerprint density at radius 1 is 1.33 bits per heavy atom. The van der Waals surface area contributed by atoms with E-state index in [1.54, 1.807) is 12.0 Å². The van der Waals surface area contributed by atoms with E-state index >= 15 is 0 Å². The molecule has 0 radical (unpaired) electrons. The number of carbonyl (C=O) groups is 1. The van der Waals surface area contributed by atoms with Gasteiger partial charge in [-0.1, -0.05) is 30.3 Å². The van der Waals surface area contributed by atoms with Crippen molar-refractivity contribution in [3.63, 3.8) is 0 Å². The standard InChI is InChI=1S/C16H24N2O3/c1-16(12-17-13-16)21-11-15(19)18(8-9-20-2)10-14-6-4-3-5-7-14/h3-7,17H,8-13H2,1-2H3. The van der Waals surface area contributed by atoms with Gasteiger partial charge in [0.1, 0.15) is 6.61 Å². The number of ether oxygens (including phenoxy) is 2. The van der Waals surface area contributed by atoms with Crippen molar-refractivity contribution in [3.05, 3.63) is 35.9 Å². The molecule has 1 N–H and O–H groups in total. The van der Waals surface area contributed by atoms with E-state index in [1.807, 2.05) is 37.3 Å². The number of methoxy groups -OCH3 is 1. The van der Waals surface area contributed by atoms with Gasteiger partial charge in [0.25, 0.3) is 0 Å². The van der Waals surface area contributed by atoms with Gasteiger partial charge >= 0.3 is 0 Å². The quantitative estimate of drug-likeness (QED) is 0.778. The van der Waals surface area contributed by atoms with Gasteiger partial charge in [-0.05, 0) is 12.5 Å². The average Bonchev–Trinajstić information content (AvgIpc) is 2.48. The minimum atomic E-state index is -0.199. The van der Waals surface area contributed by atoms with Crippen molar-refractivity contribution in [1.82, 2.24) is 10.2 Å². The largest absolute Gasteiger partial charge is 0.383 e. The molecule has 5 nitrogen and oxygen atoms in total. The lowest BCUT2D eigenvalue weighted by Gasteiger charge is -2.39. The number of amides is 1. The van der Waals surface area contributed by atoms with E-state index in [4.69, 9.17) is 9.47 Å². The molecule has 1 aliphatic rings. The molecule has 1 aromatic carbocycles. The van der Waals surface area contributed by atoms with E-state index in [0.29, 0.717) is 19.7 Å². The number of carbonyl (C=O) groups excluding carboxylic acids is 1. The van der Waals surface area contributed by atoms with Crippen LogP contribution in [0, 0.1) is 0 Å². The lowest BCUT2D eigenvalue weighted by molar-refractivity contribution is -0.147. The maximum atomic E-state index is 12.4. The summed E-state index contributed by atoms with van der Waals surface area (Å²) in [6.07, 6.45) is 0. The molecule has 2 rings (SSSR count). The predicted octanol–water partition coefficient (Wildman–Crippen LogP) is 1.04. The Balaban J connectivity index is 1.89. The van der Waals surface area contributed by atoms with Crippen LogP contribution in [0.4, 0.5) is 0 Å². The average molecular weight is 292 g/mol. The normalized spacial score (nSPS) is 16.3. The first-order valence-electron chi connectivity index (χ1n) is 7.28. The van der Waals surface area contributed by atoms with Gasteiger partial charge in [0.05, 0.1) is 12.2 Å². The summed E-state index contributed by atoms with van der Waals surface area (Å²) in [6, 6.07) is 9.96. The summed E-state index contributed by atoms with van der Waals surface area (Å²) in [4.78, 5) is 14.2. The maximum Gasteiger partial charge on any atom is 0.248 e. The first kappa shape index (κ1) is 15.9. The minimum absolute atomic E-state index is 0.00373. The molecular weight excluding hydrogens is 268 g/mol. The Labute approximate surface area is 126 Å². The molecule has 1 fully saturated rings. The third-order valence-corrected chi connectivity index (χ3v) is 3.68. The van der Waals surface area contributed by atoms with Crippen LogP contribution in [0.5, 0.6) is 0 Å². The van der Waals surface area contributed by atoms with Gasteiger partial charge in [0, 0.05) is 33.3 Å². The molecule has 1 aromatic rings. The van der Waals surface area contributed by atoms with Crippen LogP contribution in [0.3, 0.4) is 0 Å². The van der Waals surface area contributed by atoms with Crippen LogP contribution < -0.4 is 5.32 Å². The van der Waals surface area contributed by atoms with Crippen molar-refractivity contribution in [3.8, 4) is 0 Å². The number of nitrogens with zero attached hydrogens (tertiary/aromatic N) is 1. The van der Waals surface area contributed by atoms with Gasteiger partial charge in [-0.15, -0.1) is 0 Å². The molecule has 5 heteroatoms. The van der Waals surface area contributed by atoms with Crippen LogP contribution in [0.15, 0.2) is 30.3 Å². The minimum Gasteiger partial charge on any atom is -0.383 e. The molecule has 0 spiro atoms. The Bertz CT molecular complexity index is 446. The molecule has 21 heavy (non-hydrogen) atoms. The fourth-order valence-corrected chi connectivity index (χ4v) is 2.20. The highest BCUT2D eigenvalue weighted by molar-refractivity contribution is 5.77. The highest BCUT2D eigenvalue weighted by atomic mass is 16.5. The van der Waals surface area contributed by atoms with E-state index in [9.17, 15) is 4.79 Å². The third kappa shape index (κ3) is 4.81. The van der Waals surface area contributed by atoms with E-state index in [-0.39, 0.29) is 18.1 Å². The second-order valence-electron chi connectivity index (χ2n) is 5.64. The van der Waals surface area contributed by atoms with Crippen molar-refractivity contribution >= 4 is 5.91 Å². The maximum absolute atomic E-state index is 12.4. The van der Waals surface area contributed by atoms with Gasteiger partial charge < -0.3 is 19.7 Å². The Hall–Kier alpha value is -1.43. The number of hydrogen-bond acceptors (Lipinski definition) is 4. The molecule has 1 aliphatic heterocycles. The summed E-state index contributed by atoms with van der Waals surface area (Å²) in [7, 11) is 1.64. The number of hydrogen-bond donors (Lipinski definition) is 1. The van der Waals surface area contributed by atoms with Crippen LogP contribution in [-0.2, 0) is 20.8 Å². The Morgan fingerprint density at radius 2 is 2.05 bits per heavy atom. The fraction of sp³-hybridized carbons (Fsp3) is 0.562. The highest BCUT2D eigenvalue weighted by Gasteiger charge is 2.33. The first-order valence-corrected chi connectivity index (χ1v) is 7.28. The van der Waals surface area contributed by atoms with Gasteiger partial charge in [-0.2, -0.15) is 0 Å². The van der Waals surface area contributed by atoms with E-state index in [1.165, 1.54) is 0 Å². The van der Waals surface area contributed by atoms with Gasteiger partial charge in [0.2, 0.25) is 5.91 Å². The molecule has 0 aromatic heterocycles. The second kappa shape index (κ2) is 7.54. The Morgan fingerprint density at radius 3 is 2.62 bits per heavy atom. The summed E-state index contributed by atoms with van der Waals surface area (Å²) >= 11 is 0. The third-order valence-electron chi connectivity index (χ3n) is 3.68. The van der Waals surface area contributed by atoms with E-state index in [0.717, 1.165) is 18.7 Å². The summed E-state index contributed by atoms with van der Waals surface area (Å²) in [5.41, 5.74) is 0.911. The second-order valence-corrected chi connectivity index (χ2v) is 5.64. The zero-order valence-corrected chi connectivity index (χ0v) is 12.8. The van der Waals surface area contributed by atoms with Crippen molar-refractivity contribution in [1.29, 1.82) is 0 Å². The predicted molar refractivity (Wildman–Crippen MR) is 81.0 cm³/mol. The summed E-state index contributed by atoms with van der Waals surface area (Å²) in [5, 5.41) is 3.16. The lowest BCUT2D eigenvalue weighted by Crippen LogP contribution is -2.59. The molecule has 0 bridgehead atoms. The van der Waals surface area contributed by atoms with E-state index in [2.05, 4.69) is 5.32 Å². The molecule has 0 aliphatic carbocycles. The van der Waals surface area contributed by atoms with Gasteiger partial charge in [-0.3, -0.25) is 4.79 Å². The van der Waals surface area contributed by atoms with Crippen molar-refractivity contribution in [2.75, 3.05) is 40.0 Å².